The number of carbonyl (C=O) groups excluding carboxylic acids is 1. The van der Waals surface area contributed by atoms with Crippen LogP contribution in [0.3, 0.4) is 0 Å². The molecule has 0 aliphatic heterocycles. The summed E-state index contributed by atoms with van der Waals surface area (Å²) in [6.07, 6.45) is 0. The van der Waals surface area contributed by atoms with Gasteiger partial charge in [-0.2, -0.15) is 5.10 Å². The Morgan fingerprint density at radius 2 is 1.93 bits per heavy atom. The minimum atomic E-state index is -0.321. The maximum Gasteiger partial charge on any atom is 0.290 e. The highest BCUT2D eigenvalue weighted by Crippen LogP contribution is 2.04. The summed E-state index contributed by atoms with van der Waals surface area (Å²) < 4.78 is 0. The number of likely N-dealkylation sites (N-methyl/N-ethyl adjacent to an activating group) is 1. The summed E-state index contributed by atoms with van der Waals surface area (Å²) in [5.74, 6) is -0.387. The predicted octanol–water partition coefficient (Wildman–Crippen LogP) is 0.459. The molecule has 1 amide bonds. The van der Waals surface area contributed by atoms with Gasteiger partial charge in [-0.1, -0.05) is 18.2 Å². The SMILES string of the molecule is CN(C)C(=O)/C(N)=N/Nc1ccccc1. The van der Waals surface area contributed by atoms with Gasteiger partial charge in [0.25, 0.3) is 5.91 Å². The molecule has 1 aromatic rings. The Kier molecular flexibility index (Phi) is 3.68. The molecule has 0 aliphatic rings. The highest BCUT2D eigenvalue weighted by molar-refractivity contribution is 6.37. The van der Waals surface area contributed by atoms with Crippen LogP contribution < -0.4 is 11.2 Å². The molecular formula is C10H14N4O. The summed E-state index contributed by atoms with van der Waals surface area (Å²) in [5.41, 5.74) is 8.94. The van der Waals surface area contributed by atoms with Gasteiger partial charge in [0, 0.05) is 14.1 Å². The average Bonchev–Trinajstić information content (AvgIpc) is 2.26. The fraction of sp³-hybridized carbons (Fsp3) is 0.200. The lowest BCUT2D eigenvalue weighted by atomic mass is 10.3. The number of rotatable bonds is 2. The number of hydrogen-bond acceptors (Lipinski definition) is 3. The van der Waals surface area contributed by atoms with Gasteiger partial charge in [0.1, 0.15) is 0 Å². The third kappa shape index (κ3) is 3.30. The lowest BCUT2D eigenvalue weighted by Gasteiger charge is -2.09. The molecule has 15 heavy (non-hydrogen) atoms. The van der Waals surface area contributed by atoms with Gasteiger partial charge in [-0.15, -0.1) is 0 Å². The van der Waals surface area contributed by atoms with Crippen LogP contribution in [0.15, 0.2) is 35.4 Å². The number of para-hydroxylation sites is 1. The van der Waals surface area contributed by atoms with Crippen molar-refractivity contribution < 1.29 is 4.79 Å². The average molecular weight is 206 g/mol. The Morgan fingerprint density at radius 3 is 2.47 bits per heavy atom. The molecule has 80 valence electrons. The summed E-state index contributed by atoms with van der Waals surface area (Å²) in [4.78, 5) is 12.7. The van der Waals surface area contributed by atoms with Gasteiger partial charge in [-0.05, 0) is 12.1 Å². The van der Waals surface area contributed by atoms with Crippen molar-refractivity contribution in [3.8, 4) is 0 Å². The van der Waals surface area contributed by atoms with Crippen molar-refractivity contribution in [1.82, 2.24) is 4.90 Å². The number of benzene rings is 1. The highest BCUT2D eigenvalue weighted by atomic mass is 16.2. The van der Waals surface area contributed by atoms with Crippen molar-refractivity contribution in [3.05, 3.63) is 30.3 Å². The molecule has 5 heteroatoms. The number of amides is 1. The van der Waals surface area contributed by atoms with Gasteiger partial charge in [0.15, 0.2) is 0 Å². The largest absolute Gasteiger partial charge is 0.378 e. The van der Waals surface area contributed by atoms with Gasteiger partial charge in [-0.3, -0.25) is 10.2 Å². The van der Waals surface area contributed by atoms with Crippen molar-refractivity contribution in [2.24, 2.45) is 10.8 Å². The first-order valence-electron chi connectivity index (χ1n) is 4.47. The number of hydrazone groups is 1. The van der Waals surface area contributed by atoms with E-state index >= 15 is 0 Å². The minimum absolute atomic E-state index is 0.0659. The molecule has 0 fully saturated rings. The lowest BCUT2D eigenvalue weighted by molar-refractivity contribution is -0.121. The first kappa shape index (κ1) is 11.0. The monoisotopic (exact) mass is 206 g/mol. The molecule has 0 aliphatic carbocycles. The molecule has 0 unspecified atom stereocenters. The molecule has 1 aromatic carbocycles. The molecular weight excluding hydrogens is 192 g/mol. The fourth-order valence-electron chi connectivity index (χ4n) is 0.914. The van der Waals surface area contributed by atoms with E-state index in [1.807, 2.05) is 30.3 Å². The Balaban J connectivity index is 2.62. The van der Waals surface area contributed by atoms with Gasteiger partial charge in [0.05, 0.1) is 5.69 Å². The minimum Gasteiger partial charge on any atom is -0.378 e. The third-order valence-corrected chi connectivity index (χ3v) is 1.70. The van der Waals surface area contributed by atoms with E-state index in [1.54, 1.807) is 14.1 Å². The molecule has 0 heterocycles. The number of hydrogen-bond donors (Lipinski definition) is 2. The first-order chi connectivity index (χ1) is 7.11. The molecule has 0 saturated heterocycles. The van der Waals surface area contributed by atoms with E-state index in [2.05, 4.69) is 10.5 Å². The Hall–Kier alpha value is -2.04. The maximum absolute atomic E-state index is 11.3. The Morgan fingerprint density at radius 1 is 1.33 bits per heavy atom. The van der Waals surface area contributed by atoms with Crippen LogP contribution in [0, 0.1) is 0 Å². The molecule has 0 atom stereocenters. The van der Waals surface area contributed by atoms with E-state index in [1.165, 1.54) is 4.90 Å². The fourth-order valence-corrected chi connectivity index (χ4v) is 0.914. The van der Waals surface area contributed by atoms with Crippen LogP contribution in [0.1, 0.15) is 0 Å². The zero-order valence-corrected chi connectivity index (χ0v) is 8.77. The Bertz CT molecular complexity index is 359. The van der Waals surface area contributed by atoms with Crippen LogP contribution in [0.25, 0.3) is 0 Å². The van der Waals surface area contributed by atoms with Crippen molar-refractivity contribution in [2.45, 2.75) is 0 Å². The normalized spacial score (nSPS) is 10.9. The molecule has 1 rings (SSSR count). The standard InChI is InChI=1S/C10H14N4O/c1-14(2)10(15)9(11)13-12-8-6-4-3-5-7-8/h3-7,12H,1-2H3,(H2,11,13). The van der Waals surface area contributed by atoms with Gasteiger partial charge >= 0.3 is 0 Å². The second-order valence-electron chi connectivity index (χ2n) is 3.17. The van der Waals surface area contributed by atoms with E-state index in [4.69, 9.17) is 5.73 Å². The molecule has 0 radical (unpaired) electrons. The molecule has 3 N–H and O–H groups in total. The number of nitrogens with one attached hydrogen (secondary N) is 1. The van der Waals surface area contributed by atoms with Crippen molar-refractivity contribution in [3.63, 3.8) is 0 Å². The van der Waals surface area contributed by atoms with Crippen LogP contribution in [0.5, 0.6) is 0 Å². The molecule has 0 bridgehead atoms. The maximum atomic E-state index is 11.3. The van der Waals surface area contributed by atoms with Crippen molar-refractivity contribution in [1.29, 1.82) is 0 Å². The number of anilines is 1. The van der Waals surface area contributed by atoms with Crippen molar-refractivity contribution >= 4 is 17.4 Å². The number of nitrogens with two attached hydrogens (primary N) is 1. The van der Waals surface area contributed by atoms with Gasteiger partial charge < -0.3 is 10.6 Å². The molecule has 5 nitrogen and oxygen atoms in total. The lowest BCUT2D eigenvalue weighted by Crippen LogP contribution is -2.35. The summed E-state index contributed by atoms with van der Waals surface area (Å²) in [7, 11) is 3.24. The van der Waals surface area contributed by atoms with E-state index in [0.717, 1.165) is 5.69 Å². The third-order valence-electron chi connectivity index (χ3n) is 1.70. The van der Waals surface area contributed by atoms with E-state index in [-0.39, 0.29) is 11.7 Å². The van der Waals surface area contributed by atoms with Gasteiger partial charge in [-0.25, -0.2) is 0 Å². The van der Waals surface area contributed by atoms with Crippen LogP contribution in [0.4, 0.5) is 5.69 Å². The summed E-state index contributed by atoms with van der Waals surface area (Å²) in [6.45, 7) is 0. The van der Waals surface area contributed by atoms with Crippen LogP contribution in [-0.2, 0) is 4.79 Å². The number of amidine groups is 1. The van der Waals surface area contributed by atoms with Crippen LogP contribution >= 0.6 is 0 Å². The van der Waals surface area contributed by atoms with E-state index in [9.17, 15) is 4.79 Å². The zero-order valence-electron chi connectivity index (χ0n) is 8.77. The smallest absolute Gasteiger partial charge is 0.290 e. The second kappa shape index (κ2) is 4.99. The highest BCUT2D eigenvalue weighted by Gasteiger charge is 2.08. The van der Waals surface area contributed by atoms with Crippen LogP contribution in [-0.4, -0.2) is 30.7 Å². The first-order valence-corrected chi connectivity index (χ1v) is 4.47. The van der Waals surface area contributed by atoms with Crippen molar-refractivity contribution in [2.75, 3.05) is 19.5 Å². The summed E-state index contributed by atoms with van der Waals surface area (Å²) in [5, 5.41) is 3.77. The number of nitrogens with zero attached hydrogens (tertiary/aromatic N) is 2. The van der Waals surface area contributed by atoms with Crippen LogP contribution in [0.2, 0.25) is 0 Å². The predicted molar refractivity (Wildman–Crippen MR) is 60.4 cm³/mol. The quantitative estimate of drug-likeness (QED) is 0.419. The van der Waals surface area contributed by atoms with E-state index < -0.39 is 0 Å². The molecule has 0 aromatic heterocycles. The van der Waals surface area contributed by atoms with Gasteiger partial charge in [0.2, 0.25) is 5.84 Å². The number of carbonyl (C=O) groups is 1. The zero-order chi connectivity index (χ0) is 11.3. The second-order valence-corrected chi connectivity index (χ2v) is 3.17. The van der Waals surface area contributed by atoms with E-state index in [0.29, 0.717) is 0 Å². The molecule has 0 saturated carbocycles. The topological polar surface area (TPSA) is 70.7 Å². The molecule has 0 spiro atoms. The summed E-state index contributed by atoms with van der Waals surface area (Å²) >= 11 is 0. The summed E-state index contributed by atoms with van der Waals surface area (Å²) in [6, 6.07) is 9.28. The Labute approximate surface area is 88.6 Å².